The van der Waals surface area contributed by atoms with Crippen LogP contribution in [-0.4, -0.2) is 32.7 Å². The molecule has 3 N–H and O–H groups in total. The van der Waals surface area contributed by atoms with E-state index >= 15 is 0 Å². The predicted octanol–water partition coefficient (Wildman–Crippen LogP) is 0.755. The lowest BCUT2D eigenvalue weighted by Crippen LogP contribution is -2.13. The Balaban J connectivity index is 1.55. The molecule has 0 aliphatic heterocycles. The molecule has 22 heavy (non-hydrogen) atoms. The zero-order valence-electron chi connectivity index (χ0n) is 11.7. The molecule has 3 rings (SSSR count). The van der Waals surface area contributed by atoms with Crippen molar-refractivity contribution in [1.29, 1.82) is 0 Å². The van der Waals surface area contributed by atoms with E-state index in [1.165, 1.54) is 6.33 Å². The second-order valence-electron chi connectivity index (χ2n) is 4.54. The van der Waals surface area contributed by atoms with Crippen LogP contribution in [0.25, 0.3) is 11.2 Å². The number of ether oxygens (including phenoxy) is 2. The first-order valence-electron chi connectivity index (χ1n) is 6.70. The quantitative estimate of drug-likeness (QED) is 0.651. The SMILES string of the molecule is Nc1nc2c(ncn2COCCOc2ccccc2)c(=O)[nH]1. The number of nitrogen functional groups attached to an aromatic ring is 1. The highest BCUT2D eigenvalue weighted by Gasteiger charge is 2.08. The fraction of sp³-hybridized carbons (Fsp3) is 0.214. The van der Waals surface area contributed by atoms with Crippen molar-refractivity contribution in [1.82, 2.24) is 19.5 Å². The molecule has 8 heteroatoms. The second kappa shape index (κ2) is 6.27. The van der Waals surface area contributed by atoms with Gasteiger partial charge in [-0.3, -0.25) is 14.3 Å². The highest BCUT2D eigenvalue weighted by Crippen LogP contribution is 2.08. The number of benzene rings is 1. The van der Waals surface area contributed by atoms with Crippen LogP contribution in [0.2, 0.25) is 0 Å². The largest absolute Gasteiger partial charge is 0.491 e. The Hall–Kier alpha value is -2.87. The molecular weight excluding hydrogens is 286 g/mol. The third kappa shape index (κ3) is 3.07. The summed E-state index contributed by atoms with van der Waals surface area (Å²) in [6.45, 7) is 1.03. The van der Waals surface area contributed by atoms with Crippen LogP contribution >= 0.6 is 0 Å². The van der Waals surface area contributed by atoms with E-state index in [2.05, 4.69) is 15.0 Å². The molecule has 0 saturated carbocycles. The molecule has 1 aromatic carbocycles. The highest BCUT2D eigenvalue weighted by molar-refractivity contribution is 5.70. The number of aromatic amines is 1. The summed E-state index contributed by atoms with van der Waals surface area (Å²) in [7, 11) is 0. The number of fused-ring (bicyclic) bond motifs is 1. The van der Waals surface area contributed by atoms with Crippen LogP contribution in [0.5, 0.6) is 5.75 Å². The molecule has 0 atom stereocenters. The normalized spacial score (nSPS) is 10.9. The summed E-state index contributed by atoms with van der Waals surface area (Å²) < 4.78 is 12.6. The van der Waals surface area contributed by atoms with Crippen LogP contribution in [0.1, 0.15) is 0 Å². The van der Waals surface area contributed by atoms with Crippen LogP contribution in [0.3, 0.4) is 0 Å². The molecule has 3 aromatic rings. The van der Waals surface area contributed by atoms with Crippen LogP contribution < -0.4 is 16.0 Å². The Morgan fingerprint density at radius 1 is 1.23 bits per heavy atom. The van der Waals surface area contributed by atoms with Crippen molar-refractivity contribution in [3.63, 3.8) is 0 Å². The lowest BCUT2D eigenvalue weighted by molar-refractivity contribution is 0.0557. The lowest BCUT2D eigenvalue weighted by atomic mass is 10.3. The maximum absolute atomic E-state index is 11.6. The molecular formula is C14H15N5O3. The van der Waals surface area contributed by atoms with Gasteiger partial charge in [-0.1, -0.05) is 18.2 Å². The summed E-state index contributed by atoms with van der Waals surface area (Å²) >= 11 is 0. The van der Waals surface area contributed by atoms with Crippen molar-refractivity contribution in [2.75, 3.05) is 18.9 Å². The zero-order chi connectivity index (χ0) is 15.4. The summed E-state index contributed by atoms with van der Waals surface area (Å²) in [6, 6.07) is 9.49. The number of imidazole rings is 1. The van der Waals surface area contributed by atoms with Gasteiger partial charge in [-0.15, -0.1) is 0 Å². The number of aromatic nitrogens is 4. The van der Waals surface area contributed by atoms with Gasteiger partial charge in [-0.05, 0) is 12.1 Å². The van der Waals surface area contributed by atoms with Crippen LogP contribution in [0.4, 0.5) is 5.95 Å². The molecule has 0 spiro atoms. The average molecular weight is 301 g/mol. The van der Waals surface area contributed by atoms with Gasteiger partial charge in [-0.25, -0.2) is 4.98 Å². The molecule has 2 heterocycles. The van der Waals surface area contributed by atoms with Crippen LogP contribution in [0.15, 0.2) is 41.5 Å². The van der Waals surface area contributed by atoms with Gasteiger partial charge in [0.25, 0.3) is 5.56 Å². The van der Waals surface area contributed by atoms with Gasteiger partial charge in [-0.2, -0.15) is 4.98 Å². The Bertz CT molecular complexity index is 812. The fourth-order valence-electron chi connectivity index (χ4n) is 1.96. The summed E-state index contributed by atoms with van der Waals surface area (Å²) in [6.07, 6.45) is 1.49. The topological polar surface area (TPSA) is 108 Å². The first-order chi connectivity index (χ1) is 10.7. The molecule has 0 amide bonds. The van der Waals surface area contributed by atoms with Gasteiger partial charge >= 0.3 is 0 Å². The van der Waals surface area contributed by atoms with E-state index in [-0.39, 0.29) is 23.8 Å². The third-order valence-electron chi connectivity index (χ3n) is 2.96. The monoisotopic (exact) mass is 301 g/mol. The molecule has 0 bridgehead atoms. The smallest absolute Gasteiger partial charge is 0.280 e. The first-order valence-corrected chi connectivity index (χ1v) is 6.70. The van der Waals surface area contributed by atoms with E-state index < -0.39 is 0 Å². The molecule has 0 aliphatic rings. The summed E-state index contributed by atoms with van der Waals surface area (Å²) in [4.78, 5) is 22.1. The molecule has 0 aliphatic carbocycles. The maximum Gasteiger partial charge on any atom is 0.280 e. The summed E-state index contributed by atoms with van der Waals surface area (Å²) in [5, 5.41) is 0. The van der Waals surface area contributed by atoms with Gasteiger partial charge in [0.05, 0.1) is 12.9 Å². The highest BCUT2D eigenvalue weighted by atomic mass is 16.5. The van der Waals surface area contributed by atoms with Gasteiger partial charge in [0.15, 0.2) is 11.2 Å². The van der Waals surface area contributed by atoms with Crippen molar-refractivity contribution >= 4 is 17.1 Å². The molecule has 0 unspecified atom stereocenters. The number of hydrogen-bond acceptors (Lipinski definition) is 6. The minimum absolute atomic E-state index is 0.0478. The van der Waals surface area contributed by atoms with Gasteiger partial charge in [0.2, 0.25) is 5.95 Å². The molecule has 2 aromatic heterocycles. The van der Waals surface area contributed by atoms with E-state index in [4.69, 9.17) is 15.2 Å². The molecule has 0 radical (unpaired) electrons. The standard InChI is InChI=1S/C14H15N5O3/c15-14-17-12-11(13(20)18-14)16-8-19(12)9-21-6-7-22-10-4-2-1-3-5-10/h1-5,8H,6-7,9H2,(H3,15,17,18,20). The fourth-order valence-corrected chi connectivity index (χ4v) is 1.96. The van der Waals surface area contributed by atoms with E-state index in [1.807, 2.05) is 30.3 Å². The van der Waals surface area contributed by atoms with Crippen molar-refractivity contribution in [2.24, 2.45) is 0 Å². The second-order valence-corrected chi connectivity index (χ2v) is 4.54. The average Bonchev–Trinajstić information content (AvgIpc) is 2.91. The number of H-pyrrole nitrogens is 1. The Morgan fingerprint density at radius 3 is 2.86 bits per heavy atom. The third-order valence-corrected chi connectivity index (χ3v) is 2.96. The number of nitrogens with two attached hydrogens (primary N) is 1. The van der Waals surface area contributed by atoms with Gasteiger partial charge in [0, 0.05) is 0 Å². The number of nitrogens with one attached hydrogen (secondary N) is 1. The van der Waals surface area contributed by atoms with Gasteiger partial charge < -0.3 is 15.2 Å². The van der Waals surface area contributed by atoms with Crippen LogP contribution in [-0.2, 0) is 11.5 Å². The molecule has 8 nitrogen and oxygen atoms in total. The minimum atomic E-state index is -0.367. The number of nitrogens with zero attached hydrogens (tertiary/aromatic N) is 3. The zero-order valence-corrected chi connectivity index (χ0v) is 11.7. The lowest BCUT2D eigenvalue weighted by Gasteiger charge is -2.08. The summed E-state index contributed by atoms with van der Waals surface area (Å²) in [5.74, 6) is 0.840. The van der Waals surface area contributed by atoms with Crippen molar-refractivity contribution in [3.8, 4) is 5.75 Å². The predicted molar refractivity (Wildman–Crippen MR) is 80.5 cm³/mol. The number of hydrogen-bond donors (Lipinski definition) is 2. The van der Waals surface area contributed by atoms with E-state index in [9.17, 15) is 4.79 Å². The Morgan fingerprint density at radius 2 is 2.05 bits per heavy atom. The number of para-hydroxylation sites is 1. The van der Waals surface area contributed by atoms with E-state index in [1.54, 1.807) is 4.57 Å². The molecule has 114 valence electrons. The van der Waals surface area contributed by atoms with E-state index in [0.717, 1.165) is 5.75 Å². The van der Waals surface area contributed by atoms with Crippen molar-refractivity contribution in [3.05, 3.63) is 47.0 Å². The molecule has 0 saturated heterocycles. The van der Waals surface area contributed by atoms with Crippen LogP contribution in [0, 0.1) is 0 Å². The number of rotatable bonds is 6. The number of anilines is 1. The van der Waals surface area contributed by atoms with Crippen molar-refractivity contribution < 1.29 is 9.47 Å². The first kappa shape index (κ1) is 14.1. The van der Waals surface area contributed by atoms with Crippen molar-refractivity contribution in [2.45, 2.75) is 6.73 Å². The maximum atomic E-state index is 11.6. The Labute approximate surface area is 125 Å². The minimum Gasteiger partial charge on any atom is -0.491 e. The van der Waals surface area contributed by atoms with E-state index in [0.29, 0.717) is 18.9 Å². The summed E-state index contributed by atoms with van der Waals surface area (Å²) in [5.41, 5.74) is 5.79. The molecule has 0 fully saturated rings. The van der Waals surface area contributed by atoms with Gasteiger partial charge in [0.1, 0.15) is 19.1 Å². The Kier molecular flexibility index (Phi) is 4.01.